The molecule has 0 atom stereocenters. The topological polar surface area (TPSA) is 40.2 Å². The van der Waals surface area contributed by atoms with E-state index in [4.69, 9.17) is 10.5 Å². The highest BCUT2D eigenvalue weighted by Gasteiger charge is 2.04. The number of hydrogen-bond acceptors (Lipinski definition) is 2. The van der Waals surface area contributed by atoms with Gasteiger partial charge in [0.2, 0.25) is 0 Å². The van der Waals surface area contributed by atoms with E-state index in [9.17, 15) is 4.39 Å². The summed E-state index contributed by atoms with van der Waals surface area (Å²) in [6.45, 7) is 1.73. The predicted molar refractivity (Wildman–Crippen MR) is 81.7 cm³/mol. The summed E-state index contributed by atoms with van der Waals surface area (Å²) in [5.74, 6) is 0.624. The SMILES string of the molecule is NCc1ccc(OCCn2ccc3c(F)cccc32)cc1. The number of ether oxygens (including phenoxy) is 1. The zero-order valence-corrected chi connectivity index (χ0v) is 11.6. The van der Waals surface area contributed by atoms with Gasteiger partial charge in [0.1, 0.15) is 18.2 Å². The van der Waals surface area contributed by atoms with Crippen LogP contribution in [0.25, 0.3) is 10.9 Å². The molecular formula is C17H17FN2O. The molecule has 3 rings (SSSR count). The van der Waals surface area contributed by atoms with Gasteiger partial charge in [-0.05, 0) is 35.9 Å². The molecule has 108 valence electrons. The Hall–Kier alpha value is -2.33. The van der Waals surface area contributed by atoms with Gasteiger partial charge in [-0.2, -0.15) is 0 Å². The van der Waals surface area contributed by atoms with Crippen molar-refractivity contribution in [3.05, 3.63) is 66.1 Å². The molecule has 0 aliphatic heterocycles. The average molecular weight is 284 g/mol. The van der Waals surface area contributed by atoms with E-state index in [0.717, 1.165) is 16.8 Å². The molecule has 0 spiro atoms. The van der Waals surface area contributed by atoms with Crippen molar-refractivity contribution in [3.8, 4) is 5.75 Å². The molecule has 0 radical (unpaired) electrons. The third-order valence-corrected chi connectivity index (χ3v) is 3.52. The number of fused-ring (bicyclic) bond motifs is 1. The van der Waals surface area contributed by atoms with Crippen LogP contribution in [0.1, 0.15) is 5.56 Å². The van der Waals surface area contributed by atoms with Crippen molar-refractivity contribution < 1.29 is 9.13 Å². The summed E-state index contributed by atoms with van der Waals surface area (Å²) in [6.07, 6.45) is 1.88. The first kappa shape index (κ1) is 13.6. The lowest BCUT2D eigenvalue weighted by Crippen LogP contribution is -2.07. The Bertz CT molecular complexity index is 734. The summed E-state index contributed by atoms with van der Waals surface area (Å²) < 4.78 is 21.3. The van der Waals surface area contributed by atoms with Crippen molar-refractivity contribution in [1.82, 2.24) is 4.57 Å². The molecule has 1 heterocycles. The molecule has 0 saturated carbocycles. The molecular weight excluding hydrogens is 267 g/mol. The summed E-state index contributed by atoms with van der Waals surface area (Å²) in [5.41, 5.74) is 7.52. The Morgan fingerprint density at radius 2 is 1.86 bits per heavy atom. The zero-order valence-electron chi connectivity index (χ0n) is 11.6. The summed E-state index contributed by atoms with van der Waals surface area (Å²) >= 11 is 0. The second-order valence-corrected chi connectivity index (χ2v) is 4.88. The fourth-order valence-electron chi connectivity index (χ4n) is 2.36. The van der Waals surface area contributed by atoms with Crippen molar-refractivity contribution >= 4 is 10.9 Å². The lowest BCUT2D eigenvalue weighted by molar-refractivity contribution is 0.300. The summed E-state index contributed by atoms with van der Waals surface area (Å²) in [6, 6.07) is 14.6. The smallest absolute Gasteiger partial charge is 0.132 e. The van der Waals surface area contributed by atoms with E-state index >= 15 is 0 Å². The molecule has 21 heavy (non-hydrogen) atoms. The molecule has 0 saturated heterocycles. The third kappa shape index (κ3) is 2.90. The van der Waals surface area contributed by atoms with Gasteiger partial charge in [-0.1, -0.05) is 18.2 Å². The molecule has 0 bridgehead atoms. The molecule has 0 fully saturated rings. The van der Waals surface area contributed by atoms with Gasteiger partial charge in [0, 0.05) is 18.1 Å². The second-order valence-electron chi connectivity index (χ2n) is 4.88. The lowest BCUT2D eigenvalue weighted by Gasteiger charge is -2.09. The van der Waals surface area contributed by atoms with E-state index in [1.807, 2.05) is 41.1 Å². The predicted octanol–water partition coefficient (Wildman–Crippen LogP) is 3.32. The Labute approximate surface area is 122 Å². The number of nitrogens with zero attached hydrogens (tertiary/aromatic N) is 1. The van der Waals surface area contributed by atoms with Crippen molar-refractivity contribution in [2.45, 2.75) is 13.1 Å². The largest absolute Gasteiger partial charge is 0.492 e. The quantitative estimate of drug-likeness (QED) is 0.780. The van der Waals surface area contributed by atoms with Crippen molar-refractivity contribution in [2.24, 2.45) is 5.73 Å². The molecule has 0 aliphatic carbocycles. The molecule has 3 aromatic rings. The standard InChI is InChI=1S/C17H17FN2O/c18-16-2-1-3-17-15(16)8-9-20(17)10-11-21-14-6-4-13(12-19)5-7-14/h1-9H,10-12,19H2. The molecule has 4 heteroatoms. The maximum Gasteiger partial charge on any atom is 0.132 e. The minimum absolute atomic E-state index is 0.190. The number of hydrogen-bond donors (Lipinski definition) is 1. The highest BCUT2D eigenvalue weighted by atomic mass is 19.1. The van der Waals surface area contributed by atoms with E-state index in [2.05, 4.69) is 0 Å². The van der Waals surface area contributed by atoms with Gasteiger partial charge >= 0.3 is 0 Å². The first-order valence-electron chi connectivity index (χ1n) is 6.93. The van der Waals surface area contributed by atoms with Gasteiger partial charge in [0.05, 0.1) is 12.1 Å². The zero-order chi connectivity index (χ0) is 14.7. The fraction of sp³-hybridized carbons (Fsp3) is 0.176. The minimum atomic E-state index is -0.190. The monoisotopic (exact) mass is 284 g/mol. The van der Waals surface area contributed by atoms with Gasteiger partial charge in [-0.15, -0.1) is 0 Å². The molecule has 3 nitrogen and oxygen atoms in total. The summed E-state index contributed by atoms with van der Waals surface area (Å²) in [7, 11) is 0. The first-order chi connectivity index (χ1) is 10.3. The van der Waals surface area contributed by atoms with Crippen molar-refractivity contribution in [1.29, 1.82) is 0 Å². The van der Waals surface area contributed by atoms with Crippen LogP contribution in [0.3, 0.4) is 0 Å². The molecule has 2 aromatic carbocycles. The number of rotatable bonds is 5. The lowest BCUT2D eigenvalue weighted by atomic mass is 10.2. The Balaban J connectivity index is 1.65. The van der Waals surface area contributed by atoms with Crippen LogP contribution in [-0.4, -0.2) is 11.2 Å². The average Bonchev–Trinajstić information content (AvgIpc) is 2.93. The van der Waals surface area contributed by atoms with Crippen molar-refractivity contribution in [2.75, 3.05) is 6.61 Å². The van der Waals surface area contributed by atoms with Crippen LogP contribution in [-0.2, 0) is 13.1 Å². The van der Waals surface area contributed by atoms with Crippen LogP contribution in [0.15, 0.2) is 54.7 Å². The molecule has 0 amide bonds. The number of nitrogens with two attached hydrogens (primary N) is 1. The van der Waals surface area contributed by atoms with E-state index in [1.165, 1.54) is 6.07 Å². The number of halogens is 1. The molecule has 2 N–H and O–H groups in total. The van der Waals surface area contributed by atoms with Gasteiger partial charge in [0.15, 0.2) is 0 Å². The first-order valence-corrected chi connectivity index (χ1v) is 6.93. The summed E-state index contributed by atoms with van der Waals surface area (Å²) in [5, 5.41) is 0.643. The molecule has 0 aliphatic rings. The van der Waals surface area contributed by atoms with Crippen LogP contribution >= 0.6 is 0 Å². The highest BCUT2D eigenvalue weighted by molar-refractivity contribution is 5.80. The highest BCUT2D eigenvalue weighted by Crippen LogP contribution is 2.19. The van der Waals surface area contributed by atoms with Crippen LogP contribution in [0.2, 0.25) is 0 Å². The van der Waals surface area contributed by atoms with Crippen LogP contribution in [0.4, 0.5) is 4.39 Å². The Morgan fingerprint density at radius 3 is 2.62 bits per heavy atom. The van der Waals surface area contributed by atoms with Gasteiger partial charge in [-0.25, -0.2) is 4.39 Å². The Kier molecular flexibility index (Phi) is 3.88. The van der Waals surface area contributed by atoms with Crippen LogP contribution < -0.4 is 10.5 Å². The van der Waals surface area contributed by atoms with Gasteiger partial charge < -0.3 is 15.0 Å². The molecule has 1 aromatic heterocycles. The number of benzene rings is 2. The summed E-state index contributed by atoms with van der Waals surface area (Å²) in [4.78, 5) is 0. The minimum Gasteiger partial charge on any atom is -0.492 e. The van der Waals surface area contributed by atoms with E-state index in [0.29, 0.717) is 25.1 Å². The number of aromatic nitrogens is 1. The fourth-order valence-corrected chi connectivity index (χ4v) is 2.36. The molecule has 0 unspecified atom stereocenters. The van der Waals surface area contributed by atoms with Gasteiger partial charge in [-0.3, -0.25) is 0 Å². The maximum atomic E-state index is 13.6. The van der Waals surface area contributed by atoms with E-state index < -0.39 is 0 Å². The van der Waals surface area contributed by atoms with Gasteiger partial charge in [0.25, 0.3) is 0 Å². The van der Waals surface area contributed by atoms with E-state index in [1.54, 1.807) is 12.1 Å². The Morgan fingerprint density at radius 1 is 1.05 bits per heavy atom. The van der Waals surface area contributed by atoms with Crippen LogP contribution in [0.5, 0.6) is 5.75 Å². The second kappa shape index (κ2) is 5.97. The normalized spacial score (nSPS) is 11.0. The third-order valence-electron chi connectivity index (χ3n) is 3.52. The maximum absolute atomic E-state index is 13.6. The van der Waals surface area contributed by atoms with Crippen LogP contribution in [0, 0.1) is 5.82 Å². The van der Waals surface area contributed by atoms with E-state index in [-0.39, 0.29) is 5.82 Å². The van der Waals surface area contributed by atoms with Crippen molar-refractivity contribution in [3.63, 3.8) is 0 Å².